The maximum atomic E-state index is 12.7. The lowest BCUT2D eigenvalue weighted by molar-refractivity contribution is -0.140. The second-order valence-electron chi connectivity index (χ2n) is 8.15. The van der Waals surface area contributed by atoms with Crippen molar-refractivity contribution in [1.82, 2.24) is 15.5 Å². The molecular weight excluding hydrogens is 396 g/mol. The number of imide groups is 1. The molecule has 4 unspecified atom stereocenters. The van der Waals surface area contributed by atoms with Gasteiger partial charge in [-0.3, -0.25) is 14.5 Å². The van der Waals surface area contributed by atoms with Crippen molar-refractivity contribution in [2.24, 2.45) is 28.7 Å². The molecule has 7 heteroatoms. The number of carbonyl (C=O) groups excluding carboxylic acids is 2. The Morgan fingerprint density at radius 2 is 1.77 bits per heavy atom. The molecule has 2 bridgehead atoms. The van der Waals surface area contributed by atoms with Gasteiger partial charge in [0, 0.05) is 24.5 Å². The van der Waals surface area contributed by atoms with Crippen LogP contribution in [0.3, 0.4) is 0 Å². The number of thioether (sulfide) groups is 1. The van der Waals surface area contributed by atoms with Crippen LogP contribution in [-0.2, 0) is 16.1 Å². The molecule has 1 saturated heterocycles. The Labute approximate surface area is 182 Å². The van der Waals surface area contributed by atoms with Crippen molar-refractivity contribution in [3.05, 3.63) is 42.0 Å². The van der Waals surface area contributed by atoms with Gasteiger partial charge in [-0.15, -0.1) is 11.8 Å². The van der Waals surface area contributed by atoms with Crippen LogP contribution in [0.5, 0.6) is 0 Å². The SMILES string of the molecule is CCNC(=NCc1ccc(SC)cc1)NCCCN1C(=O)C2C3C=CC(C3)C2C1=O. The number of rotatable bonds is 8. The lowest BCUT2D eigenvalue weighted by Crippen LogP contribution is -2.40. The molecule has 160 valence electrons. The summed E-state index contributed by atoms with van der Waals surface area (Å²) in [4.78, 5) is 32.9. The zero-order valence-corrected chi connectivity index (χ0v) is 18.5. The van der Waals surface area contributed by atoms with Gasteiger partial charge in [0.2, 0.25) is 11.8 Å². The molecule has 1 aromatic carbocycles. The Morgan fingerprint density at radius 3 is 2.37 bits per heavy atom. The van der Waals surface area contributed by atoms with Gasteiger partial charge in [-0.25, -0.2) is 4.99 Å². The minimum Gasteiger partial charge on any atom is -0.357 e. The van der Waals surface area contributed by atoms with E-state index in [2.05, 4.69) is 58.3 Å². The van der Waals surface area contributed by atoms with Gasteiger partial charge < -0.3 is 10.6 Å². The van der Waals surface area contributed by atoms with Crippen LogP contribution in [0.1, 0.15) is 25.3 Å². The lowest BCUT2D eigenvalue weighted by atomic mass is 9.85. The highest BCUT2D eigenvalue weighted by molar-refractivity contribution is 7.98. The first-order valence-corrected chi connectivity index (χ1v) is 12.0. The van der Waals surface area contributed by atoms with Crippen LogP contribution in [0, 0.1) is 23.7 Å². The van der Waals surface area contributed by atoms with E-state index in [1.807, 2.05) is 6.92 Å². The minimum atomic E-state index is -0.100. The Morgan fingerprint density at radius 1 is 1.10 bits per heavy atom. The average Bonchev–Trinajstić information content (AvgIpc) is 3.44. The molecule has 6 nitrogen and oxygen atoms in total. The number of likely N-dealkylation sites (tertiary alicyclic amines) is 1. The number of amides is 2. The van der Waals surface area contributed by atoms with E-state index in [-0.39, 0.29) is 35.5 Å². The molecule has 1 heterocycles. The number of nitrogens with one attached hydrogen (secondary N) is 2. The number of nitrogens with zero attached hydrogens (tertiary/aromatic N) is 2. The number of aliphatic imine (C=N–C) groups is 1. The van der Waals surface area contributed by atoms with Gasteiger partial charge in [-0.2, -0.15) is 0 Å². The quantitative estimate of drug-likeness (QED) is 0.167. The van der Waals surface area contributed by atoms with E-state index >= 15 is 0 Å². The molecule has 4 atom stereocenters. The minimum absolute atomic E-state index is 0.0381. The van der Waals surface area contributed by atoms with Crippen molar-refractivity contribution >= 4 is 29.5 Å². The van der Waals surface area contributed by atoms with Gasteiger partial charge in [0.15, 0.2) is 5.96 Å². The van der Waals surface area contributed by atoms with E-state index in [4.69, 9.17) is 0 Å². The molecule has 1 aliphatic heterocycles. The summed E-state index contributed by atoms with van der Waals surface area (Å²) in [5, 5.41) is 6.57. The molecule has 3 aliphatic rings. The highest BCUT2D eigenvalue weighted by atomic mass is 32.2. The second-order valence-corrected chi connectivity index (χ2v) is 9.03. The fourth-order valence-corrected chi connectivity index (χ4v) is 5.28. The van der Waals surface area contributed by atoms with E-state index in [1.54, 1.807) is 11.8 Å². The molecule has 1 aromatic rings. The molecule has 0 spiro atoms. The van der Waals surface area contributed by atoms with Crippen LogP contribution in [0.2, 0.25) is 0 Å². The molecule has 0 aromatic heterocycles. The number of benzene rings is 1. The normalized spacial score (nSPS) is 27.1. The van der Waals surface area contributed by atoms with E-state index in [0.29, 0.717) is 26.1 Å². The van der Waals surface area contributed by atoms with Crippen LogP contribution < -0.4 is 10.6 Å². The Hall–Kier alpha value is -2.28. The zero-order valence-electron chi connectivity index (χ0n) is 17.6. The summed E-state index contributed by atoms with van der Waals surface area (Å²) in [6.45, 7) is 4.56. The van der Waals surface area contributed by atoms with Gasteiger partial charge >= 0.3 is 0 Å². The van der Waals surface area contributed by atoms with Crippen molar-refractivity contribution in [2.75, 3.05) is 25.9 Å². The number of hydrogen-bond acceptors (Lipinski definition) is 4. The monoisotopic (exact) mass is 426 g/mol. The van der Waals surface area contributed by atoms with Crippen LogP contribution in [0.25, 0.3) is 0 Å². The summed E-state index contributed by atoms with van der Waals surface area (Å²) < 4.78 is 0. The Kier molecular flexibility index (Phi) is 6.46. The highest BCUT2D eigenvalue weighted by Gasteiger charge is 2.58. The molecule has 0 radical (unpaired) electrons. The predicted octanol–water partition coefficient (Wildman–Crippen LogP) is 2.66. The fraction of sp³-hybridized carbons (Fsp3) is 0.522. The molecule has 2 N–H and O–H groups in total. The van der Waals surface area contributed by atoms with Crippen LogP contribution >= 0.6 is 11.8 Å². The van der Waals surface area contributed by atoms with E-state index in [0.717, 1.165) is 24.5 Å². The average molecular weight is 427 g/mol. The molecule has 1 saturated carbocycles. The van der Waals surface area contributed by atoms with E-state index < -0.39 is 0 Å². The number of guanidine groups is 1. The van der Waals surface area contributed by atoms with Crippen molar-refractivity contribution < 1.29 is 9.59 Å². The lowest BCUT2D eigenvalue weighted by Gasteiger charge is -2.18. The van der Waals surface area contributed by atoms with Gasteiger partial charge in [-0.1, -0.05) is 24.3 Å². The third-order valence-corrected chi connectivity index (χ3v) is 7.08. The van der Waals surface area contributed by atoms with Gasteiger partial charge in [0.1, 0.15) is 0 Å². The smallest absolute Gasteiger partial charge is 0.233 e. The second kappa shape index (κ2) is 9.25. The first kappa shape index (κ1) is 21.0. The summed E-state index contributed by atoms with van der Waals surface area (Å²) in [5.41, 5.74) is 1.16. The fourth-order valence-electron chi connectivity index (χ4n) is 4.87. The first-order chi connectivity index (χ1) is 14.6. The third kappa shape index (κ3) is 4.13. The largest absolute Gasteiger partial charge is 0.357 e. The zero-order chi connectivity index (χ0) is 21.1. The summed E-state index contributed by atoms with van der Waals surface area (Å²) in [5.74, 6) is 1.18. The van der Waals surface area contributed by atoms with Crippen molar-refractivity contribution in [3.63, 3.8) is 0 Å². The maximum absolute atomic E-state index is 12.7. The number of allylic oxidation sites excluding steroid dienone is 2. The third-order valence-electron chi connectivity index (χ3n) is 6.34. The molecular formula is C23H30N4O2S. The van der Waals surface area contributed by atoms with Crippen LogP contribution in [0.15, 0.2) is 46.3 Å². The maximum Gasteiger partial charge on any atom is 0.233 e. The van der Waals surface area contributed by atoms with Crippen molar-refractivity contribution in [1.29, 1.82) is 0 Å². The molecule has 30 heavy (non-hydrogen) atoms. The Bertz CT molecular complexity index is 821. The number of carbonyl (C=O) groups is 2. The van der Waals surface area contributed by atoms with Gasteiger partial charge in [-0.05, 0) is 55.6 Å². The predicted molar refractivity (Wildman–Crippen MR) is 120 cm³/mol. The molecule has 4 rings (SSSR count). The standard InChI is InChI=1S/C23H30N4O2S/c1-3-24-23(26-14-15-5-9-18(30-2)10-6-15)25-11-4-12-27-21(28)19-16-7-8-17(13-16)20(19)22(27)29/h5-10,16-17,19-20H,3-4,11-14H2,1-2H3,(H2,24,25,26). The summed E-state index contributed by atoms with van der Waals surface area (Å²) in [6.07, 6.45) is 8.03. The van der Waals surface area contributed by atoms with Crippen LogP contribution in [0.4, 0.5) is 0 Å². The van der Waals surface area contributed by atoms with E-state index in [1.165, 1.54) is 9.80 Å². The Balaban J connectivity index is 1.26. The first-order valence-electron chi connectivity index (χ1n) is 10.8. The summed E-state index contributed by atoms with van der Waals surface area (Å²) in [6, 6.07) is 8.42. The van der Waals surface area contributed by atoms with Crippen molar-refractivity contribution in [3.8, 4) is 0 Å². The summed E-state index contributed by atoms with van der Waals surface area (Å²) in [7, 11) is 0. The van der Waals surface area contributed by atoms with Gasteiger partial charge in [0.05, 0.1) is 18.4 Å². The van der Waals surface area contributed by atoms with Gasteiger partial charge in [0.25, 0.3) is 0 Å². The molecule has 2 aliphatic carbocycles. The van der Waals surface area contributed by atoms with E-state index in [9.17, 15) is 9.59 Å². The molecule has 2 amide bonds. The van der Waals surface area contributed by atoms with Crippen LogP contribution in [-0.4, -0.2) is 48.6 Å². The topological polar surface area (TPSA) is 73.8 Å². The number of fused-ring (bicyclic) bond motifs is 5. The number of hydrogen-bond donors (Lipinski definition) is 2. The highest BCUT2D eigenvalue weighted by Crippen LogP contribution is 2.52. The van der Waals surface area contributed by atoms with Crippen molar-refractivity contribution in [2.45, 2.75) is 31.2 Å². The summed E-state index contributed by atoms with van der Waals surface area (Å²) >= 11 is 1.73. The molecule has 2 fully saturated rings.